The number of hydrogen-bond donors (Lipinski definition) is 4. The summed E-state index contributed by atoms with van der Waals surface area (Å²) < 4.78 is 6.54. The minimum Gasteiger partial charge on any atom is -0.510 e. The Morgan fingerprint density at radius 2 is 1.91 bits per heavy atom. The predicted molar refractivity (Wildman–Crippen MR) is 124 cm³/mol. The smallest absolute Gasteiger partial charge is 0.255 e. The lowest BCUT2D eigenvalue weighted by Gasteiger charge is -2.09. The molecule has 33 heavy (non-hydrogen) atoms. The first-order chi connectivity index (χ1) is 15.9. The number of nitrogen functional groups attached to an aromatic ring is 1. The van der Waals surface area contributed by atoms with E-state index in [1.54, 1.807) is 48.6 Å². The number of ether oxygens (including phenoxy) is 1. The second-order valence-electron chi connectivity index (χ2n) is 7.40. The van der Waals surface area contributed by atoms with Gasteiger partial charge < -0.3 is 26.6 Å². The van der Waals surface area contributed by atoms with Crippen molar-refractivity contribution < 1.29 is 19.4 Å². The maximum absolute atomic E-state index is 12.5. The number of amides is 2. The molecule has 6 N–H and O–H groups in total. The first kappa shape index (κ1) is 21.7. The highest BCUT2D eigenvalue weighted by Crippen LogP contribution is 2.32. The number of carbonyl (C=O) groups is 2. The Morgan fingerprint density at radius 3 is 2.55 bits per heavy atom. The Bertz CT molecular complexity index is 1290. The van der Waals surface area contributed by atoms with Gasteiger partial charge in [0.05, 0.1) is 12.7 Å². The number of nitrogens with zero attached hydrogens (tertiary/aromatic N) is 2. The number of anilines is 1. The number of benzene rings is 2. The van der Waals surface area contributed by atoms with E-state index < -0.39 is 5.91 Å². The molecular weight excluding hydrogens is 422 g/mol. The highest BCUT2D eigenvalue weighted by Gasteiger charge is 2.24. The molecule has 0 saturated carbocycles. The molecule has 0 aliphatic heterocycles. The molecule has 9 heteroatoms. The molecule has 0 unspecified atom stereocenters. The third-order valence-corrected chi connectivity index (χ3v) is 5.31. The predicted octanol–water partition coefficient (Wildman–Crippen LogP) is 2.86. The summed E-state index contributed by atoms with van der Waals surface area (Å²) in [6.07, 6.45) is 3.81. The van der Waals surface area contributed by atoms with Crippen molar-refractivity contribution in [3.05, 3.63) is 83.1 Å². The number of primary amides is 1. The van der Waals surface area contributed by atoms with Crippen LogP contribution in [0, 0.1) is 0 Å². The van der Waals surface area contributed by atoms with Crippen molar-refractivity contribution in [2.75, 3.05) is 12.8 Å². The quantitative estimate of drug-likeness (QED) is 0.440. The average molecular weight is 445 g/mol. The summed E-state index contributed by atoms with van der Waals surface area (Å²) >= 11 is 0. The zero-order valence-electron chi connectivity index (χ0n) is 17.9. The summed E-state index contributed by atoms with van der Waals surface area (Å²) in [4.78, 5) is 24.6. The fraction of sp³-hybridized carbons (Fsp3) is 0.125. The maximum atomic E-state index is 12.5. The van der Waals surface area contributed by atoms with Crippen molar-refractivity contribution in [1.82, 2.24) is 15.1 Å². The van der Waals surface area contributed by atoms with E-state index >= 15 is 0 Å². The van der Waals surface area contributed by atoms with E-state index in [-0.39, 0.29) is 23.0 Å². The number of nitrogens with two attached hydrogens (primary N) is 2. The summed E-state index contributed by atoms with van der Waals surface area (Å²) in [6.45, 7) is 0.294. The van der Waals surface area contributed by atoms with Crippen LogP contribution in [0.25, 0.3) is 17.0 Å². The Morgan fingerprint density at radius 1 is 1.18 bits per heavy atom. The second kappa shape index (κ2) is 8.91. The number of aliphatic hydroxyl groups is 1. The molecule has 1 aromatic heterocycles. The lowest BCUT2D eigenvalue weighted by Crippen LogP contribution is -2.23. The Hall–Kier alpha value is -4.53. The summed E-state index contributed by atoms with van der Waals surface area (Å²) in [7, 11) is 1.51. The molecule has 0 bridgehead atoms. The van der Waals surface area contributed by atoms with Crippen LogP contribution in [0.4, 0.5) is 5.82 Å². The number of hydrogen-bond acceptors (Lipinski definition) is 6. The Kier molecular flexibility index (Phi) is 5.86. The van der Waals surface area contributed by atoms with Crippen LogP contribution in [0.3, 0.4) is 0 Å². The van der Waals surface area contributed by atoms with Gasteiger partial charge in [0.2, 0.25) is 0 Å². The van der Waals surface area contributed by atoms with E-state index in [0.29, 0.717) is 41.2 Å². The Labute approximate surface area is 190 Å². The SMILES string of the molecule is COc1ccccc1C(=O)NCc1ccc(-c2nn(C3=C(O)CC=C3)c(N)c2C(N)=O)cc1. The molecule has 1 aliphatic carbocycles. The average Bonchev–Trinajstić information content (AvgIpc) is 3.40. The zero-order chi connectivity index (χ0) is 23.5. The van der Waals surface area contributed by atoms with Crippen LogP contribution in [0.5, 0.6) is 5.75 Å². The normalized spacial score (nSPS) is 12.8. The molecule has 1 aliphatic rings. The topological polar surface area (TPSA) is 145 Å². The fourth-order valence-electron chi connectivity index (χ4n) is 3.63. The van der Waals surface area contributed by atoms with E-state index in [1.165, 1.54) is 11.8 Å². The van der Waals surface area contributed by atoms with Gasteiger partial charge in [0.15, 0.2) is 0 Å². The van der Waals surface area contributed by atoms with E-state index in [4.69, 9.17) is 16.2 Å². The van der Waals surface area contributed by atoms with Gasteiger partial charge >= 0.3 is 0 Å². The summed E-state index contributed by atoms with van der Waals surface area (Å²) in [5.41, 5.74) is 14.4. The van der Waals surface area contributed by atoms with Gasteiger partial charge in [-0.15, -0.1) is 0 Å². The van der Waals surface area contributed by atoms with Crippen molar-refractivity contribution in [2.45, 2.75) is 13.0 Å². The van der Waals surface area contributed by atoms with Gasteiger partial charge in [-0.2, -0.15) is 5.10 Å². The number of aromatic nitrogens is 2. The summed E-state index contributed by atoms with van der Waals surface area (Å²) in [5, 5.41) is 17.4. The van der Waals surface area contributed by atoms with Crippen LogP contribution in [0.15, 0.2) is 66.4 Å². The fourth-order valence-corrected chi connectivity index (χ4v) is 3.63. The first-order valence-electron chi connectivity index (χ1n) is 10.2. The second-order valence-corrected chi connectivity index (χ2v) is 7.40. The van der Waals surface area contributed by atoms with E-state index in [1.807, 2.05) is 12.1 Å². The molecule has 168 valence electrons. The summed E-state index contributed by atoms with van der Waals surface area (Å²) in [5.74, 6) is -0.317. The molecule has 0 spiro atoms. The molecule has 0 saturated heterocycles. The number of rotatable bonds is 7. The monoisotopic (exact) mass is 445 g/mol. The third-order valence-electron chi connectivity index (χ3n) is 5.31. The van der Waals surface area contributed by atoms with Crippen LogP contribution in [0.1, 0.15) is 32.7 Å². The van der Waals surface area contributed by atoms with Gasteiger partial charge in [-0.05, 0) is 23.8 Å². The van der Waals surface area contributed by atoms with Crippen molar-refractivity contribution in [2.24, 2.45) is 5.73 Å². The van der Waals surface area contributed by atoms with Crippen molar-refractivity contribution in [3.8, 4) is 17.0 Å². The number of nitrogens with one attached hydrogen (secondary N) is 1. The number of methoxy groups -OCH3 is 1. The van der Waals surface area contributed by atoms with Gasteiger partial charge in [-0.25, -0.2) is 4.68 Å². The van der Waals surface area contributed by atoms with Gasteiger partial charge in [0.25, 0.3) is 11.8 Å². The minimum absolute atomic E-state index is 0.0544. The number of allylic oxidation sites excluding steroid dienone is 3. The van der Waals surface area contributed by atoms with Gasteiger partial charge in [0.1, 0.15) is 34.3 Å². The number of carbonyl (C=O) groups excluding carboxylic acids is 2. The standard InChI is InChI=1S/C24H23N5O4/c1-33-19-8-3-2-5-16(19)24(32)27-13-14-9-11-15(12-10-14)21-20(23(26)31)22(25)29(28-21)17-6-4-7-18(17)30/h2-6,8-12,30H,7,13,25H2,1H3,(H2,26,31)(H,27,32). The zero-order valence-corrected chi connectivity index (χ0v) is 17.9. The highest BCUT2D eigenvalue weighted by molar-refractivity contribution is 6.04. The molecular formula is C24H23N5O4. The van der Waals surface area contributed by atoms with Gasteiger partial charge in [0, 0.05) is 18.5 Å². The molecule has 2 amide bonds. The number of para-hydroxylation sites is 1. The molecule has 0 radical (unpaired) electrons. The molecule has 9 nitrogen and oxygen atoms in total. The van der Waals surface area contributed by atoms with Crippen LogP contribution in [-0.4, -0.2) is 33.8 Å². The van der Waals surface area contributed by atoms with Crippen LogP contribution in [-0.2, 0) is 6.54 Å². The van der Waals surface area contributed by atoms with Crippen LogP contribution < -0.4 is 21.5 Å². The molecule has 0 fully saturated rings. The van der Waals surface area contributed by atoms with E-state index in [0.717, 1.165) is 5.56 Å². The molecule has 3 aromatic rings. The largest absolute Gasteiger partial charge is 0.510 e. The lowest BCUT2D eigenvalue weighted by atomic mass is 10.0. The Balaban J connectivity index is 1.56. The molecule has 2 aromatic carbocycles. The maximum Gasteiger partial charge on any atom is 0.255 e. The molecule has 0 atom stereocenters. The first-order valence-corrected chi connectivity index (χ1v) is 10.2. The van der Waals surface area contributed by atoms with Crippen molar-refractivity contribution in [1.29, 1.82) is 0 Å². The minimum atomic E-state index is -0.719. The molecule has 4 rings (SSSR count). The van der Waals surface area contributed by atoms with Gasteiger partial charge in [-0.3, -0.25) is 9.59 Å². The van der Waals surface area contributed by atoms with Crippen molar-refractivity contribution in [3.63, 3.8) is 0 Å². The molecule has 1 heterocycles. The van der Waals surface area contributed by atoms with Crippen LogP contribution in [0.2, 0.25) is 0 Å². The highest BCUT2D eigenvalue weighted by atomic mass is 16.5. The summed E-state index contributed by atoms with van der Waals surface area (Å²) in [6, 6.07) is 14.1. The lowest BCUT2D eigenvalue weighted by molar-refractivity contribution is 0.0946. The van der Waals surface area contributed by atoms with E-state index in [2.05, 4.69) is 10.4 Å². The number of aliphatic hydroxyl groups excluding tert-OH is 1. The van der Waals surface area contributed by atoms with Crippen molar-refractivity contribution >= 4 is 23.3 Å². The van der Waals surface area contributed by atoms with Gasteiger partial charge in [-0.1, -0.05) is 42.5 Å². The van der Waals surface area contributed by atoms with E-state index in [9.17, 15) is 14.7 Å². The van der Waals surface area contributed by atoms with Crippen LogP contribution >= 0.6 is 0 Å². The third kappa shape index (κ3) is 4.16.